The molecule has 0 bridgehead atoms. The van der Waals surface area contributed by atoms with E-state index in [2.05, 4.69) is 34.6 Å². The number of nitrogens with zero attached hydrogens (tertiary/aromatic N) is 4. The molecule has 1 aliphatic rings. The van der Waals surface area contributed by atoms with E-state index in [0.717, 1.165) is 39.2 Å². The number of amides is 1. The first kappa shape index (κ1) is 27.0. The molecule has 5 rings (SSSR count). The molecule has 10 nitrogen and oxygen atoms in total. The number of aromatic amines is 1. The van der Waals surface area contributed by atoms with E-state index in [4.69, 9.17) is 14.5 Å². The van der Waals surface area contributed by atoms with Crippen molar-refractivity contribution >= 4 is 11.6 Å². The molecular weight excluding hydrogens is 508 g/mol. The van der Waals surface area contributed by atoms with Gasteiger partial charge in [0.15, 0.2) is 11.5 Å². The van der Waals surface area contributed by atoms with E-state index in [0.29, 0.717) is 42.3 Å². The Morgan fingerprint density at radius 1 is 1.12 bits per heavy atom. The summed E-state index contributed by atoms with van der Waals surface area (Å²) in [6, 6.07) is 11.7. The van der Waals surface area contributed by atoms with Crippen LogP contribution < -0.4 is 26.0 Å². The normalized spacial score (nSPS) is 12.6. The van der Waals surface area contributed by atoms with Crippen LogP contribution in [0.5, 0.6) is 11.5 Å². The summed E-state index contributed by atoms with van der Waals surface area (Å²) in [6.07, 6.45) is 2.20. The fourth-order valence-electron chi connectivity index (χ4n) is 5.30. The van der Waals surface area contributed by atoms with Gasteiger partial charge in [-0.2, -0.15) is 5.10 Å². The van der Waals surface area contributed by atoms with Crippen molar-refractivity contribution < 1.29 is 14.3 Å². The largest absolute Gasteiger partial charge is 0.493 e. The number of aryl methyl sites for hydroxylation is 4. The lowest BCUT2D eigenvalue weighted by Crippen LogP contribution is -2.44. The van der Waals surface area contributed by atoms with Gasteiger partial charge in [-0.3, -0.25) is 19.0 Å². The number of aromatic nitrogens is 4. The standard InChI is InChI=1S/C30H34N6O4/c1-6-40-26-15-21-8-11-35-24(22(21)16-25(26)39-5)17-27(33-28-19(3)13-18(2)14-20(28)4)36(30(35)38)12-10-31-29(37)23-7-9-32-34-23/h7,9,13-17H,6,8,10-12H2,1-5H3,(H,31,37)(H,32,34). The Labute approximate surface area is 232 Å². The predicted octanol–water partition coefficient (Wildman–Crippen LogP) is 3.59. The molecule has 2 aromatic carbocycles. The summed E-state index contributed by atoms with van der Waals surface area (Å²) in [6.45, 7) is 9.58. The average molecular weight is 543 g/mol. The molecule has 208 valence electrons. The van der Waals surface area contributed by atoms with Crippen LogP contribution in [0.25, 0.3) is 11.3 Å². The van der Waals surface area contributed by atoms with Gasteiger partial charge in [0.1, 0.15) is 11.2 Å². The quantitative estimate of drug-likeness (QED) is 0.353. The third kappa shape index (κ3) is 5.16. The fraction of sp³-hybridized carbons (Fsp3) is 0.333. The first-order valence-electron chi connectivity index (χ1n) is 13.4. The van der Waals surface area contributed by atoms with Gasteiger partial charge in [-0.05, 0) is 69.0 Å². The molecule has 0 fully saturated rings. The molecule has 2 aromatic heterocycles. The smallest absolute Gasteiger partial charge is 0.330 e. The number of H-pyrrole nitrogens is 1. The van der Waals surface area contributed by atoms with Crippen molar-refractivity contribution in [3.05, 3.63) is 86.5 Å². The molecule has 40 heavy (non-hydrogen) atoms. The highest BCUT2D eigenvalue weighted by atomic mass is 16.5. The molecule has 0 unspecified atom stereocenters. The second kappa shape index (κ2) is 11.3. The number of hydrogen-bond acceptors (Lipinski definition) is 6. The molecule has 0 saturated carbocycles. The van der Waals surface area contributed by atoms with Crippen LogP contribution in [0.15, 0.2) is 52.4 Å². The van der Waals surface area contributed by atoms with E-state index in [1.54, 1.807) is 22.3 Å². The van der Waals surface area contributed by atoms with E-state index in [1.807, 2.05) is 39.0 Å². The lowest BCUT2D eigenvalue weighted by Gasteiger charge is -2.25. The number of methoxy groups -OCH3 is 1. The number of hydrogen-bond donors (Lipinski definition) is 2. The summed E-state index contributed by atoms with van der Waals surface area (Å²) in [4.78, 5) is 31.5. The highest BCUT2D eigenvalue weighted by Crippen LogP contribution is 2.37. The fourth-order valence-corrected chi connectivity index (χ4v) is 5.30. The van der Waals surface area contributed by atoms with Gasteiger partial charge in [0.05, 0.1) is 25.1 Å². The van der Waals surface area contributed by atoms with Gasteiger partial charge in [-0.25, -0.2) is 9.79 Å². The van der Waals surface area contributed by atoms with Gasteiger partial charge in [-0.1, -0.05) is 17.7 Å². The highest BCUT2D eigenvalue weighted by Gasteiger charge is 2.23. The van der Waals surface area contributed by atoms with Crippen LogP contribution in [0, 0.1) is 20.8 Å². The zero-order valence-corrected chi connectivity index (χ0v) is 23.5. The van der Waals surface area contributed by atoms with Crippen LogP contribution in [0.1, 0.15) is 39.7 Å². The monoisotopic (exact) mass is 542 g/mol. The molecule has 0 saturated heterocycles. The first-order chi connectivity index (χ1) is 19.3. The Hall–Kier alpha value is -4.60. The first-order valence-corrected chi connectivity index (χ1v) is 13.4. The van der Waals surface area contributed by atoms with E-state index in [1.165, 1.54) is 6.20 Å². The Bertz CT molecular complexity index is 1680. The number of fused-ring (bicyclic) bond motifs is 3. The Morgan fingerprint density at radius 3 is 2.58 bits per heavy atom. The van der Waals surface area contributed by atoms with Gasteiger partial charge >= 0.3 is 5.69 Å². The predicted molar refractivity (Wildman–Crippen MR) is 152 cm³/mol. The van der Waals surface area contributed by atoms with E-state index in [9.17, 15) is 9.59 Å². The van der Waals surface area contributed by atoms with Crippen LogP contribution in [0.2, 0.25) is 0 Å². The van der Waals surface area contributed by atoms with Crippen LogP contribution in [0.3, 0.4) is 0 Å². The molecule has 2 N–H and O–H groups in total. The number of ether oxygens (including phenoxy) is 2. The number of rotatable bonds is 8. The van der Waals surface area contributed by atoms with E-state index in [-0.39, 0.29) is 24.7 Å². The maximum absolute atomic E-state index is 14.0. The van der Waals surface area contributed by atoms with Crippen molar-refractivity contribution in [1.29, 1.82) is 0 Å². The van der Waals surface area contributed by atoms with Crippen LogP contribution in [-0.4, -0.2) is 45.5 Å². The lowest BCUT2D eigenvalue weighted by atomic mass is 9.97. The van der Waals surface area contributed by atoms with Crippen molar-refractivity contribution in [1.82, 2.24) is 24.6 Å². The summed E-state index contributed by atoms with van der Waals surface area (Å²) in [5.74, 6) is 1.02. The van der Waals surface area contributed by atoms with Gasteiger partial charge in [0, 0.05) is 37.5 Å². The molecule has 0 aliphatic carbocycles. The third-order valence-electron chi connectivity index (χ3n) is 7.09. The minimum atomic E-state index is -0.286. The summed E-state index contributed by atoms with van der Waals surface area (Å²) < 4.78 is 14.8. The Kier molecular flexibility index (Phi) is 7.59. The van der Waals surface area contributed by atoms with Crippen LogP contribution in [0.4, 0.5) is 5.69 Å². The minimum Gasteiger partial charge on any atom is -0.493 e. The number of nitrogens with one attached hydrogen (secondary N) is 2. The summed E-state index contributed by atoms with van der Waals surface area (Å²) in [7, 11) is 1.61. The van der Waals surface area contributed by atoms with Gasteiger partial charge in [0.2, 0.25) is 0 Å². The maximum atomic E-state index is 14.0. The minimum absolute atomic E-state index is 0.187. The third-order valence-corrected chi connectivity index (χ3v) is 7.09. The topological polar surface area (TPSA) is 116 Å². The second-order valence-electron chi connectivity index (χ2n) is 9.90. The zero-order valence-electron chi connectivity index (χ0n) is 23.5. The molecule has 0 atom stereocenters. The Morgan fingerprint density at radius 2 is 1.90 bits per heavy atom. The summed E-state index contributed by atoms with van der Waals surface area (Å²) in [5.41, 5.74) is 7.49. The molecule has 1 aliphatic heterocycles. The molecule has 10 heteroatoms. The zero-order chi connectivity index (χ0) is 28.4. The van der Waals surface area contributed by atoms with Crippen molar-refractivity contribution in [3.63, 3.8) is 0 Å². The van der Waals surface area contributed by atoms with Crippen molar-refractivity contribution in [2.75, 3.05) is 20.3 Å². The molecule has 1 amide bonds. The molecular formula is C30H34N6O4. The Balaban J connectivity index is 1.64. The highest BCUT2D eigenvalue weighted by molar-refractivity contribution is 5.92. The number of carbonyl (C=O) groups is 1. The molecule has 3 heterocycles. The summed E-state index contributed by atoms with van der Waals surface area (Å²) >= 11 is 0. The number of benzene rings is 2. The van der Waals surface area contributed by atoms with Gasteiger partial charge in [-0.15, -0.1) is 0 Å². The van der Waals surface area contributed by atoms with E-state index < -0.39 is 0 Å². The summed E-state index contributed by atoms with van der Waals surface area (Å²) in [5, 5.41) is 9.34. The van der Waals surface area contributed by atoms with Crippen molar-refractivity contribution in [2.45, 2.75) is 47.2 Å². The maximum Gasteiger partial charge on any atom is 0.330 e. The average Bonchev–Trinajstić information content (AvgIpc) is 3.47. The number of carbonyl (C=O) groups excluding carboxylic acids is 1. The van der Waals surface area contributed by atoms with Gasteiger partial charge < -0.3 is 14.8 Å². The van der Waals surface area contributed by atoms with Crippen LogP contribution >= 0.6 is 0 Å². The van der Waals surface area contributed by atoms with Crippen LogP contribution in [-0.2, 0) is 19.5 Å². The van der Waals surface area contributed by atoms with E-state index >= 15 is 0 Å². The second-order valence-corrected chi connectivity index (χ2v) is 9.90. The van der Waals surface area contributed by atoms with Crippen molar-refractivity contribution in [3.8, 4) is 22.8 Å². The SMILES string of the molecule is CCOc1cc2c(cc1OC)-c1cc(=Nc3c(C)cc(C)cc3C)n(CCNC(=O)c3ccn[nH]3)c(=O)n1CC2. The molecule has 0 spiro atoms. The molecule has 4 aromatic rings. The lowest BCUT2D eigenvalue weighted by molar-refractivity contribution is 0.0947. The van der Waals surface area contributed by atoms with Gasteiger partial charge in [0.25, 0.3) is 5.91 Å². The molecule has 0 radical (unpaired) electrons. The van der Waals surface area contributed by atoms with Crippen molar-refractivity contribution in [2.24, 2.45) is 4.99 Å².